The van der Waals surface area contributed by atoms with Crippen LogP contribution in [0.1, 0.15) is 5.56 Å². The Kier molecular flexibility index (Phi) is 3.94. The quantitative estimate of drug-likeness (QED) is 0.814. The van der Waals surface area contributed by atoms with Gasteiger partial charge in [0.25, 0.3) is 0 Å². The zero-order valence-electron chi connectivity index (χ0n) is 11.0. The summed E-state index contributed by atoms with van der Waals surface area (Å²) in [4.78, 5) is -0.187. The molecule has 0 aliphatic carbocycles. The summed E-state index contributed by atoms with van der Waals surface area (Å²) < 4.78 is 47.3. The van der Waals surface area contributed by atoms with E-state index in [9.17, 15) is 12.8 Å². The number of methoxy groups -OCH3 is 1. The first-order chi connectivity index (χ1) is 9.42. The fourth-order valence-corrected chi connectivity index (χ4v) is 2.82. The van der Waals surface area contributed by atoms with E-state index in [2.05, 4.69) is 0 Å². The smallest absolute Gasteiger partial charge is 0.339 e. The van der Waals surface area contributed by atoms with Gasteiger partial charge in [0.1, 0.15) is 22.2 Å². The molecule has 0 radical (unpaired) electrons. The van der Waals surface area contributed by atoms with Gasteiger partial charge < -0.3 is 8.92 Å². The van der Waals surface area contributed by atoms with Crippen molar-refractivity contribution in [3.05, 3.63) is 53.8 Å². The molecule has 20 heavy (non-hydrogen) atoms. The van der Waals surface area contributed by atoms with Gasteiger partial charge in [-0.15, -0.1) is 0 Å². The molecule has 0 atom stereocenters. The molecule has 0 amide bonds. The van der Waals surface area contributed by atoms with E-state index in [1.165, 1.54) is 31.4 Å². The van der Waals surface area contributed by atoms with Gasteiger partial charge in [-0.2, -0.15) is 8.42 Å². The standard InChI is InChI=1S/C14H13FO4S/c1-10-3-4-11(15)9-14(10)20(16,17)19-13-7-5-12(18-2)6-8-13/h3-9H,1-2H3. The summed E-state index contributed by atoms with van der Waals surface area (Å²) in [6, 6.07) is 9.60. The maximum atomic E-state index is 13.2. The number of rotatable bonds is 4. The SMILES string of the molecule is COc1ccc(OS(=O)(=O)c2cc(F)ccc2C)cc1. The topological polar surface area (TPSA) is 52.6 Å². The fourth-order valence-electron chi connectivity index (χ4n) is 1.65. The molecule has 106 valence electrons. The molecule has 0 saturated heterocycles. The van der Waals surface area contributed by atoms with Crippen LogP contribution < -0.4 is 8.92 Å². The Balaban J connectivity index is 2.32. The largest absolute Gasteiger partial charge is 0.497 e. The normalized spacial score (nSPS) is 11.2. The lowest BCUT2D eigenvalue weighted by Gasteiger charge is -2.09. The van der Waals surface area contributed by atoms with Gasteiger partial charge in [-0.05, 0) is 48.9 Å². The van der Waals surface area contributed by atoms with Crippen molar-refractivity contribution < 1.29 is 21.7 Å². The summed E-state index contributed by atoms with van der Waals surface area (Å²) in [5.41, 5.74) is 0.417. The first-order valence-electron chi connectivity index (χ1n) is 5.77. The molecule has 0 spiro atoms. The first-order valence-corrected chi connectivity index (χ1v) is 7.18. The van der Waals surface area contributed by atoms with E-state index in [4.69, 9.17) is 8.92 Å². The third kappa shape index (κ3) is 3.08. The van der Waals surface area contributed by atoms with Gasteiger partial charge in [0.05, 0.1) is 7.11 Å². The summed E-state index contributed by atoms with van der Waals surface area (Å²) in [6.45, 7) is 1.57. The van der Waals surface area contributed by atoms with Crippen molar-refractivity contribution in [2.45, 2.75) is 11.8 Å². The molecule has 0 heterocycles. The van der Waals surface area contributed by atoms with Gasteiger partial charge in [-0.3, -0.25) is 0 Å². The molecule has 0 bridgehead atoms. The second-order valence-electron chi connectivity index (χ2n) is 4.12. The summed E-state index contributed by atoms with van der Waals surface area (Å²) in [6.07, 6.45) is 0. The number of ether oxygens (including phenoxy) is 1. The van der Waals surface area contributed by atoms with Crippen LogP contribution >= 0.6 is 0 Å². The lowest BCUT2D eigenvalue weighted by Crippen LogP contribution is -2.11. The highest BCUT2D eigenvalue weighted by Crippen LogP contribution is 2.23. The number of benzene rings is 2. The lowest BCUT2D eigenvalue weighted by atomic mass is 10.2. The Bertz CT molecular complexity index is 708. The van der Waals surface area contributed by atoms with Crippen LogP contribution in [0.2, 0.25) is 0 Å². The van der Waals surface area contributed by atoms with Crippen LogP contribution in [0.5, 0.6) is 11.5 Å². The molecule has 0 fully saturated rings. The van der Waals surface area contributed by atoms with Crippen molar-refractivity contribution in [3.8, 4) is 11.5 Å². The van der Waals surface area contributed by atoms with Gasteiger partial charge in [0.15, 0.2) is 0 Å². The second kappa shape index (κ2) is 5.50. The summed E-state index contributed by atoms with van der Waals surface area (Å²) in [7, 11) is -2.56. The van der Waals surface area contributed by atoms with E-state index in [0.29, 0.717) is 11.3 Å². The number of hydrogen-bond acceptors (Lipinski definition) is 4. The third-order valence-corrected chi connectivity index (χ3v) is 4.08. The van der Waals surface area contributed by atoms with E-state index < -0.39 is 15.9 Å². The monoisotopic (exact) mass is 296 g/mol. The number of hydrogen-bond donors (Lipinski definition) is 0. The molecule has 0 aliphatic rings. The van der Waals surface area contributed by atoms with Crippen LogP contribution in [-0.2, 0) is 10.1 Å². The van der Waals surface area contributed by atoms with Crippen molar-refractivity contribution in [1.29, 1.82) is 0 Å². The second-order valence-corrected chi connectivity index (χ2v) is 5.64. The van der Waals surface area contributed by atoms with E-state index in [1.54, 1.807) is 19.1 Å². The van der Waals surface area contributed by atoms with Gasteiger partial charge in [0.2, 0.25) is 0 Å². The van der Waals surface area contributed by atoms with Crippen molar-refractivity contribution in [1.82, 2.24) is 0 Å². The van der Waals surface area contributed by atoms with E-state index >= 15 is 0 Å². The zero-order chi connectivity index (χ0) is 14.8. The van der Waals surface area contributed by atoms with E-state index in [0.717, 1.165) is 6.07 Å². The van der Waals surface area contributed by atoms with Crippen molar-refractivity contribution in [2.24, 2.45) is 0 Å². The van der Waals surface area contributed by atoms with E-state index in [-0.39, 0.29) is 10.6 Å². The molecular formula is C14H13FO4S. The first kappa shape index (κ1) is 14.3. The molecule has 6 heteroatoms. The molecule has 0 N–H and O–H groups in total. The highest BCUT2D eigenvalue weighted by Gasteiger charge is 2.20. The van der Waals surface area contributed by atoms with Crippen molar-refractivity contribution >= 4 is 10.1 Å². The highest BCUT2D eigenvalue weighted by molar-refractivity contribution is 7.87. The third-order valence-electron chi connectivity index (χ3n) is 2.68. The molecular weight excluding hydrogens is 283 g/mol. The van der Waals surface area contributed by atoms with E-state index in [1.807, 2.05) is 0 Å². The Morgan fingerprint density at radius 1 is 1.00 bits per heavy atom. The summed E-state index contributed by atoms with van der Waals surface area (Å²) in [5, 5.41) is 0. The van der Waals surface area contributed by atoms with Crippen LogP contribution in [0.3, 0.4) is 0 Å². The lowest BCUT2D eigenvalue weighted by molar-refractivity contribution is 0.413. The predicted octanol–water partition coefficient (Wildman–Crippen LogP) is 2.91. The minimum absolute atomic E-state index is 0.134. The van der Waals surface area contributed by atoms with Crippen LogP contribution in [0.15, 0.2) is 47.4 Å². The maximum Gasteiger partial charge on any atom is 0.339 e. The van der Waals surface area contributed by atoms with Gasteiger partial charge in [-0.1, -0.05) is 6.07 Å². The van der Waals surface area contributed by atoms with Crippen LogP contribution in [-0.4, -0.2) is 15.5 Å². The van der Waals surface area contributed by atoms with Gasteiger partial charge >= 0.3 is 10.1 Å². The minimum Gasteiger partial charge on any atom is -0.497 e. The number of aryl methyl sites for hydroxylation is 1. The number of halogens is 1. The van der Waals surface area contributed by atoms with Crippen molar-refractivity contribution in [2.75, 3.05) is 7.11 Å². The fraction of sp³-hybridized carbons (Fsp3) is 0.143. The van der Waals surface area contributed by atoms with Crippen LogP contribution in [0.4, 0.5) is 4.39 Å². The Morgan fingerprint density at radius 2 is 1.60 bits per heavy atom. The molecule has 0 aromatic heterocycles. The average Bonchev–Trinajstić information content (AvgIpc) is 2.42. The molecule has 2 rings (SSSR count). The van der Waals surface area contributed by atoms with Crippen LogP contribution in [0.25, 0.3) is 0 Å². The predicted molar refractivity (Wildman–Crippen MR) is 71.9 cm³/mol. The molecule has 0 saturated carbocycles. The van der Waals surface area contributed by atoms with Gasteiger partial charge in [-0.25, -0.2) is 4.39 Å². The average molecular weight is 296 g/mol. The maximum absolute atomic E-state index is 13.2. The Labute approximate surface area is 116 Å². The molecule has 0 aliphatic heterocycles. The highest BCUT2D eigenvalue weighted by atomic mass is 32.2. The molecule has 4 nitrogen and oxygen atoms in total. The zero-order valence-corrected chi connectivity index (χ0v) is 11.8. The molecule has 2 aromatic rings. The van der Waals surface area contributed by atoms with Crippen molar-refractivity contribution in [3.63, 3.8) is 0 Å². The Morgan fingerprint density at radius 3 is 2.20 bits per heavy atom. The minimum atomic E-state index is -4.07. The molecule has 0 unspecified atom stereocenters. The van der Waals surface area contributed by atoms with Gasteiger partial charge in [0, 0.05) is 0 Å². The summed E-state index contributed by atoms with van der Waals surface area (Å²) >= 11 is 0. The van der Waals surface area contributed by atoms with Crippen LogP contribution in [0, 0.1) is 12.7 Å². The Hall–Kier alpha value is -2.08. The summed E-state index contributed by atoms with van der Waals surface area (Å²) in [5.74, 6) is 0.0821. The molecule has 2 aromatic carbocycles.